The molecule has 112 valence electrons. The summed E-state index contributed by atoms with van der Waals surface area (Å²) in [5, 5.41) is 3.37. The average molecular weight is 354 g/mol. The third kappa shape index (κ3) is 4.35. The van der Waals surface area contributed by atoms with E-state index in [0.717, 1.165) is 22.1 Å². The average Bonchev–Trinajstić information content (AvgIpc) is 2.40. The first-order valence-electron chi connectivity index (χ1n) is 6.94. The molecule has 1 atom stereocenters. The van der Waals surface area contributed by atoms with Gasteiger partial charge in [0, 0.05) is 10.5 Å². The maximum Gasteiger partial charge on any atom is 0.126 e. The lowest BCUT2D eigenvalue weighted by Crippen LogP contribution is -2.23. The van der Waals surface area contributed by atoms with Crippen LogP contribution in [0, 0.1) is 18.6 Å². The van der Waals surface area contributed by atoms with Crippen LogP contribution in [-0.2, 0) is 6.42 Å². The summed E-state index contributed by atoms with van der Waals surface area (Å²) in [7, 11) is 0. The Morgan fingerprint density at radius 1 is 1.14 bits per heavy atom. The van der Waals surface area contributed by atoms with Crippen LogP contribution in [0.1, 0.15) is 29.7 Å². The predicted octanol–water partition coefficient (Wildman–Crippen LogP) is 4.93. The Morgan fingerprint density at radius 2 is 1.90 bits per heavy atom. The molecule has 0 fully saturated rings. The van der Waals surface area contributed by atoms with E-state index in [1.54, 1.807) is 13.0 Å². The van der Waals surface area contributed by atoms with Gasteiger partial charge in [0.05, 0.1) is 0 Å². The van der Waals surface area contributed by atoms with E-state index in [1.807, 2.05) is 19.1 Å². The Balaban J connectivity index is 2.27. The van der Waals surface area contributed by atoms with Gasteiger partial charge in [-0.2, -0.15) is 0 Å². The molecule has 2 aromatic carbocycles. The van der Waals surface area contributed by atoms with Crippen molar-refractivity contribution in [3.05, 3.63) is 69.2 Å². The van der Waals surface area contributed by atoms with Gasteiger partial charge in [-0.15, -0.1) is 0 Å². The van der Waals surface area contributed by atoms with E-state index in [-0.39, 0.29) is 17.7 Å². The number of nitrogens with one attached hydrogen (secondary N) is 1. The molecule has 0 saturated carbocycles. The normalized spacial score (nSPS) is 12.4. The summed E-state index contributed by atoms with van der Waals surface area (Å²) in [6.07, 6.45) is 0.648. The summed E-state index contributed by atoms with van der Waals surface area (Å²) < 4.78 is 27.6. The molecule has 0 aliphatic rings. The Bertz CT molecular complexity index is 608. The minimum atomic E-state index is -0.259. The van der Waals surface area contributed by atoms with Crippen LogP contribution in [0.15, 0.2) is 40.9 Å². The molecular formula is C17H18BrF2N. The van der Waals surface area contributed by atoms with Gasteiger partial charge in [0.1, 0.15) is 11.6 Å². The first-order valence-corrected chi connectivity index (χ1v) is 7.73. The summed E-state index contributed by atoms with van der Waals surface area (Å²) in [6.45, 7) is 4.56. The molecule has 1 N–H and O–H groups in total. The lowest BCUT2D eigenvalue weighted by atomic mass is 9.97. The SMILES string of the molecule is CCNC(Cc1cc(F)cc(Br)c1)c1ccc(F)c(C)c1. The summed E-state index contributed by atoms with van der Waals surface area (Å²) in [5.74, 6) is -0.465. The minimum Gasteiger partial charge on any atom is -0.310 e. The molecule has 2 rings (SSSR count). The van der Waals surface area contributed by atoms with Crippen molar-refractivity contribution in [2.75, 3.05) is 6.54 Å². The highest BCUT2D eigenvalue weighted by molar-refractivity contribution is 9.10. The summed E-state index contributed by atoms with van der Waals surface area (Å²) >= 11 is 3.31. The van der Waals surface area contributed by atoms with Crippen LogP contribution in [0.25, 0.3) is 0 Å². The van der Waals surface area contributed by atoms with Gasteiger partial charge < -0.3 is 5.32 Å². The van der Waals surface area contributed by atoms with Crippen molar-refractivity contribution < 1.29 is 8.78 Å². The van der Waals surface area contributed by atoms with E-state index in [0.29, 0.717) is 12.0 Å². The standard InChI is InChI=1S/C17H18BrF2N/c1-3-21-17(13-4-5-16(20)11(2)6-13)9-12-7-14(18)10-15(19)8-12/h4-8,10,17,21H,3,9H2,1-2H3. The number of likely N-dealkylation sites (N-methyl/N-ethyl adjacent to an activating group) is 1. The Morgan fingerprint density at radius 3 is 2.52 bits per heavy atom. The molecule has 0 aliphatic carbocycles. The van der Waals surface area contributed by atoms with Crippen molar-refractivity contribution in [1.29, 1.82) is 0 Å². The molecule has 1 unspecified atom stereocenters. The number of benzene rings is 2. The molecule has 0 radical (unpaired) electrons. The van der Waals surface area contributed by atoms with Crippen LogP contribution in [0.5, 0.6) is 0 Å². The highest BCUT2D eigenvalue weighted by Gasteiger charge is 2.13. The van der Waals surface area contributed by atoms with Crippen LogP contribution in [0.4, 0.5) is 8.78 Å². The molecule has 1 nitrogen and oxygen atoms in total. The zero-order chi connectivity index (χ0) is 15.4. The molecule has 0 bridgehead atoms. The van der Waals surface area contributed by atoms with Crippen molar-refractivity contribution in [3.8, 4) is 0 Å². The molecule has 4 heteroatoms. The van der Waals surface area contributed by atoms with Crippen LogP contribution in [0.3, 0.4) is 0 Å². The lowest BCUT2D eigenvalue weighted by Gasteiger charge is -2.19. The third-order valence-electron chi connectivity index (χ3n) is 3.40. The second kappa shape index (κ2) is 7.14. The highest BCUT2D eigenvalue weighted by atomic mass is 79.9. The molecule has 0 amide bonds. The van der Waals surface area contributed by atoms with Crippen molar-refractivity contribution >= 4 is 15.9 Å². The lowest BCUT2D eigenvalue weighted by molar-refractivity contribution is 0.543. The Labute approximate surface area is 132 Å². The fourth-order valence-electron chi connectivity index (χ4n) is 2.40. The van der Waals surface area contributed by atoms with E-state index in [1.165, 1.54) is 18.2 Å². The van der Waals surface area contributed by atoms with Gasteiger partial charge in [-0.05, 0) is 60.8 Å². The monoisotopic (exact) mass is 353 g/mol. The molecule has 0 heterocycles. The van der Waals surface area contributed by atoms with Gasteiger partial charge in [-0.3, -0.25) is 0 Å². The number of aryl methyl sites for hydroxylation is 1. The zero-order valence-electron chi connectivity index (χ0n) is 12.1. The molecule has 0 aromatic heterocycles. The fourth-order valence-corrected chi connectivity index (χ4v) is 2.92. The van der Waals surface area contributed by atoms with Crippen molar-refractivity contribution in [2.45, 2.75) is 26.3 Å². The molecule has 0 spiro atoms. The zero-order valence-corrected chi connectivity index (χ0v) is 13.7. The summed E-state index contributed by atoms with van der Waals surface area (Å²) in [4.78, 5) is 0. The van der Waals surface area contributed by atoms with Crippen LogP contribution >= 0.6 is 15.9 Å². The predicted molar refractivity (Wildman–Crippen MR) is 85.4 cm³/mol. The van der Waals surface area contributed by atoms with Gasteiger partial charge in [0.15, 0.2) is 0 Å². The maximum absolute atomic E-state index is 13.5. The van der Waals surface area contributed by atoms with E-state index in [2.05, 4.69) is 21.2 Å². The fraction of sp³-hybridized carbons (Fsp3) is 0.294. The second-order valence-electron chi connectivity index (χ2n) is 5.10. The van der Waals surface area contributed by atoms with Crippen molar-refractivity contribution in [2.24, 2.45) is 0 Å². The topological polar surface area (TPSA) is 12.0 Å². The Hall–Kier alpha value is -1.26. The molecule has 2 aromatic rings. The first-order chi connectivity index (χ1) is 9.99. The second-order valence-corrected chi connectivity index (χ2v) is 6.02. The van der Waals surface area contributed by atoms with Crippen molar-refractivity contribution in [1.82, 2.24) is 5.32 Å². The van der Waals surface area contributed by atoms with Crippen molar-refractivity contribution in [3.63, 3.8) is 0 Å². The maximum atomic E-state index is 13.5. The largest absolute Gasteiger partial charge is 0.310 e. The number of rotatable bonds is 5. The smallest absolute Gasteiger partial charge is 0.126 e. The Kier molecular flexibility index (Phi) is 5.48. The molecular weight excluding hydrogens is 336 g/mol. The summed E-state index contributed by atoms with van der Waals surface area (Å²) in [6, 6.07) is 10.0. The van der Waals surface area contributed by atoms with Crippen LogP contribution in [0.2, 0.25) is 0 Å². The van der Waals surface area contributed by atoms with Crippen LogP contribution < -0.4 is 5.32 Å². The van der Waals surface area contributed by atoms with Gasteiger partial charge in [-0.1, -0.05) is 35.0 Å². The number of hydrogen-bond acceptors (Lipinski definition) is 1. The first kappa shape index (κ1) is 16.1. The van der Waals surface area contributed by atoms with E-state index >= 15 is 0 Å². The number of halogens is 3. The van der Waals surface area contributed by atoms with Crippen LogP contribution in [-0.4, -0.2) is 6.54 Å². The van der Waals surface area contributed by atoms with Gasteiger partial charge in [0.2, 0.25) is 0 Å². The van der Waals surface area contributed by atoms with E-state index < -0.39 is 0 Å². The van der Waals surface area contributed by atoms with Gasteiger partial charge in [0.25, 0.3) is 0 Å². The van der Waals surface area contributed by atoms with E-state index in [9.17, 15) is 8.78 Å². The molecule has 21 heavy (non-hydrogen) atoms. The number of hydrogen-bond donors (Lipinski definition) is 1. The minimum absolute atomic E-state index is 0.0306. The van der Waals surface area contributed by atoms with Gasteiger partial charge in [-0.25, -0.2) is 8.78 Å². The van der Waals surface area contributed by atoms with E-state index in [4.69, 9.17) is 0 Å². The highest BCUT2D eigenvalue weighted by Crippen LogP contribution is 2.23. The van der Waals surface area contributed by atoms with Gasteiger partial charge >= 0.3 is 0 Å². The molecule has 0 saturated heterocycles. The third-order valence-corrected chi connectivity index (χ3v) is 3.85. The quantitative estimate of drug-likeness (QED) is 0.803. The summed E-state index contributed by atoms with van der Waals surface area (Å²) in [5.41, 5.74) is 2.53. The molecule has 0 aliphatic heterocycles.